The van der Waals surface area contributed by atoms with E-state index in [0.717, 1.165) is 0 Å². The van der Waals surface area contributed by atoms with Crippen LogP contribution in [0.2, 0.25) is 0 Å². The quantitative estimate of drug-likeness (QED) is 0.670. The lowest BCUT2D eigenvalue weighted by molar-refractivity contribution is 0.0591. The Morgan fingerprint density at radius 2 is 1.68 bits per heavy atom. The highest BCUT2D eigenvalue weighted by atomic mass is 16.5. The molecule has 8 heteroatoms. The maximum Gasteiger partial charge on any atom is 0.338 e. The first-order valence-corrected chi connectivity index (χ1v) is 7.27. The minimum Gasteiger partial charge on any atom is -0.465 e. The molecule has 0 N–H and O–H groups in total. The fourth-order valence-corrected chi connectivity index (χ4v) is 2.22. The highest BCUT2D eigenvalue weighted by Crippen LogP contribution is 2.20. The molecule has 8 nitrogen and oxygen atoms in total. The Hall–Kier alpha value is -3.55. The van der Waals surface area contributed by atoms with Crippen LogP contribution < -0.4 is 0 Å². The van der Waals surface area contributed by atoms with Crippen LogP contribution in [0.25, 0.3) is 17.2 Å². The van der Waals surface area contributed by atoms with Gasteiger partial charge in [-0.25, -0.2) is 19.3 Å². The smallest absolute Gasteiger partial charge is 0.338 e. The molecule has 0 bridgehead atoms. The second kappa shape index (κ2) is 6.91. The average Bonchev–Trinajstić information content (AvgIpc) is 3.21. The van der Waals surface area contributed by atoms with Crippen molar-refractivity contribution in [2.24, 2.45) is 0 Å². The van der Waals surface area contributed by atoms with Gasteiger partial charge in [0.1, 0.15) is 0 Å². The molecule has 0 aliphatic heterocycles. The van der Waals surface area contributed by atoms with Gasteiger partial charge >= 0.3 is 11.9 Å². The third-order valence-corrected chi connectivity index (χ3v) is 3.42. The molecule has 0 aliphatic rings. The van der Waals surface area contributed by atoms with E-state index in [4.69, 9.17) is 9.47 Å². The molecule has 0 radical (unpaired) electrons. The standard InChI is InChI=1S/C17H14N4O4/c1-24-16(22)11-4-6-18-13(8-11)14-9-12(17(23)25-2)10-15(20-14)21-7-3-5-19-21/h3-10H,1-2H3. The van der Waals surface area contributed by atoms with Gasteiger partial charge in [0.25, 0.3) is 0 Å². The Labute approximate surface area is 143 Å². The third kappa shape index (κ3) is 3.37. The monoisotopic (exact) mass is 338 g/mol. The van der Waals surface area contributed by atoms with Crippen molar-refractivity contribution in [2.45, 2.75) is 0 Å². The summed E-state index contributed by atoms with van der Waals surface area (Å²) in [5.74, 6) is -0.575. The molecule has 0 atom stereocenters. The number of carbonyl (C=O) groups excluding carboxylic acids is 2. The molecule has 0 saturated heterocycles. The van der Waals surface area contributed by atoms with E-state index in [-0.39, 0.29) is 0 Å². The predicted molar refractivity (Wildman–Crippen MR) is 87.3 cm³/mol. The van der Waals surface area contributed by atoms with Crippen molar-refractivity contribution in [3.8, 4) is 17.2 Å². The SMILES string of the molecule is COC(=O)c1ccnc(-c2cc(C(=O)OC)cc(-n3cccn3)n2)c1. The van der Waals surface area contributed by atoms with Crippen LogP contribution in [0, 0.1) is 0 Å². The summed E-state index contributed by atoms with van der Waals surface area (Å²) in [6.07, 6.45) is 4.77. The Kier molecular flexibility index (Phi) is 4.51. The molecule has 3 heterocycles. The van der Waals surface area contributed by atoms with Crippen molar-refractivity contribution in [3.05, 3.63) is 60.0 Å². The largest absolute Gasteiger partial charge is 0.465 e. The first-order chi connectivity index (χ1) is 12.1. The third-order valence-electron chi connectivity index (χ3n) is 3.42. The van der Waals surface area contributed by atoms with Gasteiger partial charge in [-0.2, -0.15) is 5.10 Å². The lowest BCUT2D eigenvalue weighted by atomic mass is 10.1. The molecule has 126 valence electrons. The first kappa shape index (κ1) is 16.3. The molecule has 0 aliphatic carbocycles. The zero-order chi connectivity index (χ0) is 17.8. The summed E-state index contributed by atoms with van der Waals surface area (Å²) in [5, 5.41) is 4.11. The van der Waals surface area contributed by atoms with Crippen LogP contribution in [-0.2, 0) is 9.47 Å². The lowest BCUT2D eigenvalue weighted by Crippen LogP contribution is -2.07. The molecular formula is C17H14N4O4. The van der Waals surface area contributed by atoms with Crippen LogP contribution in [0.1, 0.15) is 20.7 Å². The first-order valence-electron chi connectivity index (χ1n) is 7.27. The number of aromatic nitrogens is 4. The summed E-state index contributed by atoms with van der Waals surface area (Å²) >= 11 is 0. The van der Waals surface area contributed by atoms with E-state index < -0.39 is 11.9 Å². The van der Waals surface area contributed by atoms with Gasteiger partial charge in [0.05, 0.1) is 36.7 Å². The van der Waals surface area contributed by atoms with Gasteiger partial charge in [-0.15, -0.1) is 0 Å². The number of methoxy groups -OCH3 is 2. The van der Waals surface area contributed by atoms with Crippen molar-refractivity contribution in [1.82, 2.24) is 19.7 Å². The molecule has 3 rings (SSSR count). The maximum atomic E-state index is 12.0. The van der Waals surface area contributed by atoms with Crippen molar-refractivity contribution in [2.75, 3.05) is 14.2 Å². The molecule has 0 fully saturated rings. The predicted octanol–water partition coefficient (Wildman–Crippen LogP) is 1.90. The second-order valence-corrected chi connectivity index (χ2v) is 4.96. The van der Waals surface area contributed by atoms with E-state index in [1.54, 1.807) is 36.7 Å². The van der Waals surface area contributed by atoms with E-state index in [2.05, 4.69) is 15.1 Å². The minimum atomic E-state index is -0.513. The molecule has 25 heavy (non-hydrogen) atoms. The van der Waals surface area contributed by atoms with Gasteiger partial charge in [0.15, 0.2) is 5.82 Å². The van der Waals surface area contributed by atoms with Crippen LogP contribution in [-0.4, -0.2) is 45.9 Å². The van der Waals surface area contributed by atoms with E-state index in [1.165, 1.54) is 31.2 Å². The fraction of sp³-hybridized carbons (Fsp3) is 0.118. The number of rotatable bonds is 4. The van der Waals surface area contributed by atoms with E-state index in [0.29, 0.717) is 28.3 Å². The Balaban J connectivity index is 2.14. The molecule has 0 unspecified atom stereocenters. The topological polar surface area (TPSA) is 96.2 Å². The highest BCUT2D eigenvalue weighted by molar-refractivity contribution is 5.92. The van der Waals surface area contributed by atoms with E-state index >= 15 is 0 Å². The Bertz CT molecular complexity index is 922. The van der Waals surface area contributed by atoms with Crippen molar-refractivity contribution in [1.29, 1.82) is 0 Å². The summed E-state index contributed by atoms with van der Waals surface area (Å²) < 4.78 is 11.0. The molecule has 0 amide bonds. The molecule has 0 spiro atoms. The molecule has 0 aromatic carbocycles. The molecule has 3 aromatic rings. The maximum absolute atomic E-state index is 12.0. The number of ether oxygens (including phenoxy) is 2. The van der Waals surface area contributed by atoms with Crippen molar-refractivity contribution < 1.29 is 19.1 Å². The van der Waals surface area contributed by atoms with Crippen LogP contribution in [0.5, 0.6) is 0 Å². The Morgan fingerprint density at radius 3 is 2.36 bits per heavy atom. The number of pyridine rings is 2. The summed E-state index contributed by atoms with van der Waals surface area (Å²) in [5.41, 5.74) is 1.45. The zero-order valence-electron chi connectivity index (χ0n) is 13.5. The fourth-order valence-electron chi connectivity index (χ4n) is 2.22. The second-order valence-electron chi connectivity index (χ2n) is 4.96. The van der Waals surface area contributed by atoms with Crippen molar-refractivity contribution >= 4 is 11.9 Å². The van der Waals surface area contributed by atoms with Gasteiger partial charge in [-0.1, -0.05) is 0 Å². The highest BCUT2D eigenvalue weighted by Gasteiger charge is 2.15. The van der Waals surface area contributed by atoms with Crippen LogP contribution in [0.15, 0.2) is 48.9 Å². The normalized spacial score (nSPS) is 10.3. The number of esters is 2. The van der Waals surface area contributed by atoms with E-state index in [1.807, 2.05) is 0 Å². The summed E-state index contributed by atoms with van der Waals surface area (Å²) in [6.45, 7) is 0. The summed E-state index contributed by atoms with van der Waals surface area (Å²) in [7, 11) is 2.60. The minimum absolute atomic E-state index is 0.295. The number of carbonyl (C=O) groups is 2. The van der Waals surface area contributed by atoms with Crippen LogP contribution >= 0.6 is 0 Å². The van der Waals surface area contributed by atoms with E-state index in [9.17, 15) is 9.59 Å². The number of hydrogen-bond donors (Lipinski definition) is 0. The molecular weight excluding hydrogens is 324 g/mol. The zero-order valence-corrected chi connectivity index (χ0v) is 13.5. The van der Waals surface area contributed by atoms with Gasteiger partial charge < -0.3 is 9.47 Å². The van der Waals surface area contributed by atoms with Crippen molar-refractivity contribution in [3.63, 3.8) is 0 Å². The van der Waals surface area contributed by atoms with Crippen LogP contribution in [0.4, 0.5) is 0 Å². The molecule has 0 saturated carbocycles. The summed E-state index contributed by atoms with van der Waals surface area (Å²) in [6, 6.07) is 7.92. The van der Waals surface area contributed by atoms with Gasteiger partial charge in [-0.05, 0) is 30.3 Å². The number of hydrogen-bond acceptors (Lipinski definition) is 7. The van der Waals surface area contributed by atoms with Gasteiger partial charge in [0, 0.05) is 18.6 Å². The van der Waals surface area contributed by atoms with Crippen LogP contribution in [0.3, 0.4) is 0 Å². The average molecular weight is 338 g/mol. The molecule has 3 aromatic heterocycles. The number of nitrogens with zero attached hydrogens (tertiary/aromatic N) is 4. The van der Waals surface area contributed by atoms with Gasteiger partial charge in [0.2, 0.25) is 0 Å². The lowest BCUT2D eigenvalue weighted by Gasteiger charge is -2.08. The Morgan fingerprint density at radius 1 is 0.960 bits per heavy atom. The summed E-state index contributed by atoms with van der Waals surface area (Å²) in [4.78, 5) is 32.4. The van der Waals surface area contributed by atoms with Gasteiger partial charge in [-0.3, -0.25) is 4.98 Å².